The number of nitrogens with zero attached hydrogens (tertiary/aromatic N) is 3. The summed E-state index contributed by atoms with van der Waals surface area (Å²) in [5.74, 6) is -0.297. The standard InChI is InChI=1S/C20H20N4O3/c1-23-17-15(19(26)24(2)20(23)27)9-10-16(22-17)18(25)21-14-8-7-12-5-3-4-6-13(12)11-14/h3-6,9-10,14H,7-8,11H2,1-2H3,(H,21,25). The molecule has 27 heavy (non-hydrogen) atoms. The summed E-state index contributed by atoms with van der Waals surface area (Å²) in [6.07, 6.45) is 2.58. The molecule has 7 nitrogen and oxygen atoms in total. The van der Waals surface area contributed by atoms with E-state index in [0.29, 0.717) is 5.39 Å². The van der Waals surface area contributed by atoms with E-state index in [-0.39, 0.29) is 23.3 Å². The molecule has 0 saturated heterocycles. The van der Waals surface area contributed by atoms with Crippen molar-refractivity contribution in [1.82, 2.24) is 19.4 Å². The van der Waals surface area contributed by atoms with Crippen molar-refractivity contribution in [2.75, 3.05) is 0 Å². The van der Waals surface area contributed by atoms with E-state index in [4.69, 9.17) is 0 Å². The molecule has 3 aromatic rings. The van der Waals surface area contributed by atoms with Crippen LogP contribution in [0.1, 0.15) is 28.0 Å². The predicted molar refractivity (Wildman–Crippen MR) is 102 cm³/mol. The number of carbonyl (C=O) groups is 1. The van der Waals surface area contributed by atoms with Gasteiger partial charge in [-0.2, -0.15) is 0 Å². The monoisotopic (exact) mass is 364 g/mol. The summed E-state index contributed by atoms with van der Waals surface area (Å²) in [6.45, 7) is 0. The van der Waals surface area contributed by atoms with Crippen LogP contribution < -0.4 is 16.6 Å². The number of aromatic nitrogens is 3. The van der Waals surface area contributed by atoms with E-state index < -0.39 is 11.2 Å². The summed E-state index contributed by atoms with van der Waals surface area (Å²) in [6, 6.07) is 11.4. The number of pyridine rings is 1. The molecule has 2 aromatic heterocycles. The van der Waals surface area contributed by atoms with E-state index in [0.717, 1.165) is 23.8 Å². The van der Waals surface area contributed by atoms with Crippen molar-refractivity contribution in [3.05, 3.63) is 74.1 Å². The van der Waals surface area contributed by atoms with Crippen LogP contribution >= 0.6 is 0 Å². The Bertz CT molecular complexity index is 1180. The fourth-order valence-electron chi connectivity index (χ4n) is 3.66. The molecule has 138 valence electrons. The number of benzene rings is 1. The highest BCUT2D eigenvalue weighted by Crippen LogP contribution is 2.21. The van der Waals surface area contributed by atoms with Gasteiger partial charge in [-0.25, -0.2) is 9.78 Å². The van der Waals surface area contributed by atoms with Crippen LogP contribution in [0, 0.1) is 0 Å². The van der Waals surface area contributed by atoms with Gasteiger partial charge in [-0.05, 0) is 42.5 Å². The minimum absolute atomic E-state index is 0.0392. The zero-order chi connectivity index (χ0) is 19.1. The first kappa shape index (κ1) is 17.2. The summed E-state index contributed by atoms with van der Waals surface area (Å²) in [5, 5.41) is 3.34. The molecule has 0 fully saturated rings. The highest BCUT2D eigenvalue weighted by Gasteiger charge is 2.21. The largest absolute Gasteiger partial charge is 0.348 e. The number of fused-ring (bicyclic) bond motifs is 2. The number of rotatable bonds is 2. The molecule has 0 bridgehead atoms. The van der Waals surface area contributed by atoms with Crippen molar-refractivity contribution in [2.24, 2.45) is 14.1 Å². The fourth-order valence-corrected chi connectivity index (χ4v) is 3.66. The molecule has 0 spiro atoms. The average Bonchev–Trinajstić information content (AvgIpc) is 2.70. The number of carbonyl (C=O) groups excluding carboxylic acids is 1. The van der Waals surface area contributed by atoms with Gasteiger partial charge in [0.15, 0.2) is 0 Å². The minimum Gasteiger partial charge on any atom is -0.348 e. The molecule has 2 heterocycles. The highest BCUT2D eigenvalue weighted by atomic mass is 16.2. The Morgan fingerprint density at radius 3 is 2.59 bits per heavy atom. The van der Waals surface area contributed by atoms with E-state index in [2.05, 4.69) is 22.4 Å². The molecule has 1 aliphatic carbocycles. The average molecular weight is 364 g/mol. The van der Waals surface area contributed by atoms with Gasteiger partial charge in [0.05, 0.1) is 5.39 Å². The normalized spacial score (nSPS) is 16.1. The van der Waals surface area contributed by atoms with Crippen LogP contribution in [0.4, 0.5) is 0 Å². The Morgan fingerprint density at radius 1 is 1.07 bits per heavy atom. The zero-order valence-corrected chi connectivity index (χ0v) is 15.2. The SMILES string of the molecule is Cn1c(=O)c2ccc(C(=O)NC3CCc4ccccc4C3)nc2n(C)c1=O. The minimum atomic E-state index is -0.471. The third-order valence-corrected chi connectivity index (χ3v) is 5.22. The topological polar surface area (TPSA) is 86.0 Å². The fraction of sp³-hybridized carbons (Fsp3) is 0.300. The lowest BCUT2D eigenvalue weighted by Gasteiger charge is -2.25. The van der Waals surface area contributed by atoms with Crippen LogP contribution in [0.2, 0.25) is 0 Å². The van der Waals surface area contributed by atoms with E-state index in [1.54, 1.807) is 6.07 Å². The van der Waals surface area contributed by atoms with Crippen molar-refractivity contribution in [2.45, 2.75) is 25.3 Å². The maximum absolute atomic E-state index is 12.7. The molecule has 1 aliphatic rings. The van der Waals surface area contributed by atoms with Crippen LogP contribution in [0.5, 0.6) is 0 Å². The van der Waals surface area contributed by atoms with Gasteiger partial charge in [0.1, 0.15) is 11.3 Å². The summed E-state index contributed by atoms with van der Waals surface area (Å²) in [5.41, 5.74) is 2.11. The van der Waals surface area contributed by atoms with Crippen molar-refractivity contribution >= 4 is 16.9 Å². The first-order chi connectivity index (χ1) is 13.0. The lowest BCUT2D eigenvalue weighted by Crippen LogP contribution is -2.40. The molecule has 1 amide bonds. The molecule has 1 atom stereocenters. The molecular formula is C20H20N4O3. The first-order valence-corrected chi connectivity index (χ1v) is 8.90. The Labute approximate surface area is 155 Å². The first-order valence-electron chi connectivity index (χ1n) is 8.90. The van der Waals surface area contributed by atoms with Gasteiger partial charge in [0.2, 0.25) is 0 Å². The summed E-state index contributed by atoms with van der Waals surface area (Å²) in [7, 11) is 2.96. The van der Waals surface area contributed by atoms with Gasteiger partial charge in [-0.3, -0.25) is 18.7 Å². The van der Waals surface area contributed by atoms with Crippen molar-refractivity contribution in [1.29, 1.82) is 0 Å². The van der Waals surface area contributed by atoms with Crippen LogP contribution in [0.3, 0.4) is 0 Å². The highest BCUT2D eigenvalue weighted by molar-refractivity contribution is 5.94. The maximum atomic E-state index is 12.7. The van der Waals surface area contributed by atoms with Gasteiger partial charge < -0.3 is 5.32 Å². The van der Waals surface area contributed by atoms with Gasteiger partial charge in [0.25, 0.3) is 11.5 Å². The predicted octanol–water partition coefficient (Wildman–Crippen LogP) is 0.919. The van der Waals surface area contributed by atoms with E-state index in [9.17, 15) is 14.4 Å². The van der Waals surface area contributed by atoms with Gasteiger partial charge in [-0.15, -0.1) is 0 Å². The third-order valence-electron chi connectivity index (χ3n) is 5.22. The summed E-state index contributed by atoms with van der Waals surface area (Å²) >= 11 is 0. The summed E-state index contributed by atoms with van der Waals surface area (Å²) < 4.78 is 2.31. The quantitative estimate of drug-likeness (QED) is 0.733. The lowest BCUT2D eigenvalue weighted by molar-refractivity contribution is 0.0929. The lowest BCUT2D eigenvalue weighted by atomic mass is 9.88. The smallest absolute Gasteiger partial charge is 0.332 e. The molecule has 0 radical (unpaired) electrons. The number of nitrogens with one attached hydrogen (secondary N) is 1. The Kier molecular flexibility index (Phi) is 4.14. The number of aryl methyl sites for hydroxylation is 2. The number of hydrogen-bond donors (Lipinski definition) is 1. The van der Waals surface area contributed by atoms with Crippen LogP contribution in [-0.2, 0) is 26.9 Å². The second-order valence-corrected chi connectivity index (χ2v) is 6.96. The second-order valence-electron chi connectivity index (χ2n) is 6.96. The van der Waals surface area contributed by atoms with E-state index >= 15 is 0 Å². The van der Waals surface area contributed by atoms with E-state index in [1.165, 1.54) is 35.9 Å². The van der Waals surface area contributed by atoms with Crippen LogP contribution in [-0.4, -0.2) is 26.1 Å². The van der Waals surface area contributed by atoms with Crippen LogP contribution in [0.15, 0.2) is 46.0 Å². The number of amides is 1. The molecule has 7 heteroatoms. The molecule has 0 saturated carbocycles. The summed E-state index contributed by atoms with van der Waals surface area (Å²) in [4.78, 5) is 41.3. The zero-order valence-electron chi connectivity index (χ0n) is 15.2. The van der Waals surface area contributed by atoms with Gasteiger partial charge in [0, 0.05) is 20.1 Å². The Morgan fingerprint density at radius 2 is 1.81 bits per heavy atom. The van der Waals surface area contributed by atoms with Crippen molar-refractivity contribution in [3.63, 3.8) is 0 Å². The molecule has 4 rings (SSSR count). The van der Waals surface area contributed by atoms with E-state index in [1.807, 2.05) is 12.1 Å². The van der Waals surface area contributed by atoms with Crippen molar-refractivity contribution < 1.29 is 4.79 Å². The van der Waals surface area contributed by atoms with Crippen molar-refractivity contribution in [3.8, 4) is 0 Å². The maximum Gasteiger partial charge on any atom is 0.332 e. The third kappa shape index (κ3) is 2.95. The van der Waals surface area contributed by atoms with Crippen LogP contribution in [0.25, 0.3) is 11.0 Å². The van der Waals surface area contributed by atoms with Gasteiger partial charge >= 0.3 is 5.69 Å². The molecule has 1 N–H and O–H groups in total. The molecule has 0 aliphatic heterocycles. The molecular weight excluding hydrogens is 344 g/mol. The van der Waals surface area contributed by atoms with Gasteiger partial charge in [-0.1, -0.05) is 24.3 Å². The number of hydrogen-bond acceptors (Lipinski definition) is 4. The molecule has 1 unspecified atom stereocenters. The Hall–Kier alpha value is -3.22. The molecule has 1 aromatic carbocycles. The Balaban J connectivity index is 1.62. The second kappa shape index (κ2) is 6.50.